The van der Waals surface area contributed by atoms with Crippen LogP contribution in [0.5, 0.6) is 0 Å². The van der Waals surface area contributed by atoms with Crippen molar-refractivity contribution in [2.45, 2.75) is 20.8 Å². The topological polar surface area (TPSA) is 78.9 Å². The summed E-state index contributed by atoms with van der Waals surface area (Å²) in [5.41, 5.74) is 0. The van der Waals surface area contributed by atoms with Crippen LogP contribution in [0.4, 0.5) is 0 Å². The molecule has 94 valence electrons. The fourth-order valence-corrected chi connectivity index (χ4v) is 0.586. The molecule has 0 heterocycles. The van der Waals surface area contributed by atoms with Gasteiger partial charge in [0.2, 0.25) is 0 Å². The summed E-state index contributed by atoms with van der Waals surface area (Å²) >= 11 is 9.53. The van der Waals surface area contributed by atoms with E-state index in [1.165, 1.54) is 0 Å². The summed E-state index contributed by atoms with van der Waals surface area (Å²) in [7, 11) is -2.41. The Kier molecular flexibility index (Phi) is 18.5. The zero-order valence-corrected chi connectivity index (χ0v) is 13.6. The summed E-state index contributed by atoms with van der Waals surface area (Å²) in [6.45, 7) is 3.35. The smallest absolute Gasteiger partial charge is 0.625 e. The first kappa shape index (κ1) is 22.3. The zero-order chi connectivity index (χ0) is 13.1. The average Bonchev–Trinajstić information content (AvgIpc) is 2.00. The maximum atomic E-state index is 10.4. The van der Waals surface area contributed by atoms with E-state index in [-0.39, 0.29) is 34.9 Å². The van der Waals surface area contributed by atoms with Gasteiger partial charge in [0.15, 0.2) is 0 Å². The minimum atomic E-state index is -2.41. The Morgan fingerprint density at radius 1 is 0.882 bits per heavy atom. The summed E-state index contributed by atoms with van der Waals surface area (Å²) < 4.78 is 13.3. The molecule has 0 rings (SSSR count). The summed E-state index contributed by atoms with van der Waals surface area (Å²) in [4.78, 5) is 31.3. The van der Waals surface area contributed by atoms with Gasteiger partial charge in [0, 0.05) is 20.8 Å². The van der Waals surface area contributed by atoms with Gasteiger partial charge in [-0.2, -0.15) is 0 Å². The third kappa shape index (κ3) is 21.8. The normalized spacial score (nSPS) is 8.12. The molecule has 17 heavy (non-hydrogen) atoms. The molecule has 0 aromatic rings. The fourth-order valence-electron chi connectivity index (χ4n) is 0.586. The number of hydrogen-bond donors (Lipinski definition) is 0. The SMILES string of the molecule is CC(=O)O[BH-](OC(C)=O)OC(C)=O.ClCCl.[Na+]. The van der Waals surface area contributed by atoms with E-state index in [0.717, 1.165) is 20.8 Å². The number of hydrogen-bond acceptors (Lipinski definition) is 6. The monoisotopic (exact) mass is 296 g/mol. The second-order valence-electron chi connectivity index (χ2n) is 2.36. The number of halogens is 2. The number of rotatable bonds is 3. The average molecular weight is 297 g/mol. The Labute approximate surface area is 132 Å². The van der Waals surface area contributed by atoms with E-state index in [2.05, 4.69) is 14.0 Å². The van der Waals surface area contributed by atoms with Gasteiger partial charge in [-0.1, -0.05) is 0 Å². The van der Waals surface area contributed by atoms with Crippen LogP contribution in [0.3, 0.4) is 0 Å². The van der Waals surface area contributed by atoms with Gasteiger partial charge in [0.05, 0.1) is 5.34 Å². The second kappa shape index (κ2) is 14.1. The molecule has 0 aromatic carbocycles. The summed E-state index contributed by atoms with van der Waals surface area (Å²) in [6.07, 6.45) is 0. The van der Waals surface area contributed by atoms with Gasteiger partial charge in [-0.25, -0.2) is 0 Å². The van der Waals surface area contributed by atoms with Gasteiger partial charge in [-0.15, -0.1) is 23.2 Å². The van der Waals surface area contributed by atoms with Crippen LogP contribution < -0.4 is 29.6 Å². The minimum Gasteiger partial charge on any atom is -0.625 e. The van der Waals surface area contributed by atoms with Crippen molar-refractivity contribution < 1.29 is 57.9 Å². The van der Waals surface area contributed by atoms with Crippen molar-refractivity contribution in [2.24, 2.45) is 0 Å². The molecule has 0 aromatic heterocycles. The predicted molar refractivity (Wildman–Crippen MR) is 59.0 cm³/mol. The molecule has 0 aliphatic rings. The second-order valence-corrected chi connectivity index (χ2v) is 3.17. The van der Waals surface area contributed by atoms with Crippen molar-refractivity contribution in [3.05, 3.63) is 0 Å². The maximum absolute atomic E-state index is 10.4. The van der Waals surface area contributed by atoms with Crippen LogP contribution in [-0.2, 0) is 28.3 Å². The van der Waals surface area contributed by atoms with E-state index in [1.807, 2.05) is 0 Å². The van der Waals surface area contributed by atoms with Crippen molar-refractivity contribution in [1.29, 1.82) is 0 Å². The Morgan fingerprint density at radius 2 is 1.06 bits per heavy atom. The number of carbonyl (C=O) groups is 3. The molecule has 0 bridgehead atoms. The first-order valence-electron chi connectivity index (χ1n) is 4.13. The van der Waals surface area contributed by atoms with Crippen molar-refractivity contribution >= 4 is 48.4 Å². The molecular weight excluding hydrogens is 285 g/mol. The molecular formula is C7H12BCl2NaO6. The van der Waals surface area contributed by atoms with Crippen LogP contribution in [-0.4, -0.2) is 30.6 Å². The minimum absolute atomic E-state index is 0. The molecule has 0 saturated heterocycles. The predicted octanol–water partition coefficient (Wildman–Crippen LogP) is -2.18. The molecule has 0 spiro atoms. The molecule has 0 fully saturated rings. The van der Waals surface area contributed by atoms with Crippen molar-refractivity contribution in [2.75, 3.05) is 5.34 Å². The van der Waals surface area contributed by atoms with Crippen molar-refractivity contribution in [3.63, 3.8) is 0 Å². The van der Waals surface area contributed by atoms with Crippen molar-refractivity contribution in [1.82, 2.24) is 0 Å². The third-order valence-corrected chi connectivity index (χ3v) is 0.963. The maximum Gasteiger partial charge on any atom is 1.00 e. The van der Waals surface area contributed by atoms with Gasteiger partial charge in [-0.3, -0.25) is 14.4 Å². The molecule has 0 amide bonds. The summed E-state index contributed by atoms with van der Waals surface area (Å²) in [6, 6.07) is 0. The van der Waals surface area contributed by atoms with Gasteiger partial charge in [0.1, 0.15) is 0 Å². The standard InChI is InChI=1S/C6H10BO6.CH2Cl2.Na/c1-4(8)11-7(12-5(2)9)13-6(3)10;2-1-3;/h7H,1-3H3;1H2;/q-1;;+1. The Bertz CT molecular complexity index is 214. The van der Waals surface area contributed by atoms with E-state index in [4.69, 9.17) is 23.2 Å². The van der Waals surface area contributed by atoms with Crippen LogP contribution in [0.2, 0.25) is 0 Å². The quantitative estimate of drug-likeness (QED) is 0.435. The molecule has 10 heteroatoms. The van der Waals surface area contributed by atoms with Gasteiger partial charge >= 0.3 is 36.9 Å². The molecule has 0 aliphatic heterocycles. The number of carbonyl (C=O) groups excluding carboxylic acids is 3. The Hall–Kier alpha value is 0.0549. The molecule has 0 saturated carbocycles. The van der Waals surface area contributed by atoms with Crippen LogP contribution in [0.1, 0.15) is 20.8 Å². The Balaban J connectivity index is -0.000000440. The van der Waals surface area contributed by atoms with Crippen LogP contribution >= 0.6 is 23.2 Å². The van der Waals surface area contributed by atoms with Crippen LogP contribution in [0.25, 0.3) is 0 Å². The first-order valence-corrected chi connectivity index (χ1v) is 5.19. The number of alkyl halides is 2. The molecule has 6 nitrogen and oxygen atoms in total. The van der Waals surface area contributed by atoms with E-state index >= 15 is 0 Å². The summed E-state index contributed by atoms with van der Waals surface area (Å²) in [5.74, 6) is -2.03. The van der Waals surface area contributed by atoms with E-state index in [9.17, 15) is 14.4 Å². The molecule has 0 radical (unpaired) electrons. The molecule has 0 N–H and O–H groups in total. The fraction of sp³-hybridized carbons (Fsp3) is 0.571. The van der Waals surface area contributed by atoms with Crippen molar-refractivity contribution in [3.8, 4) is 0 Å². The zero-order valence-electron chi connectivity index (χ0n) is 10.1. The van der Waals surface area contributed by atoms with Gasteiger partial charge in [0.25, 0.3) is 17.9 Å². The third-order valence-electron chi connectivity index (χ3n) is 0.963. The van der Waals surface area contributed by atoms with Crippen LogP contribution in [0, 0.1) is 0 Å². The van der Waals surface area contributed by atoms with E-state index in [0.29, 0.717) is 0 Å². The van der Waals surface area contributed by atoms with E-state index in [1.54, 1.807) is 0 Å². The summed E-state index contributed by atoms with van der Waals surface area (Å²) in [5, 5.41) is 0.194. The van der Waals surface area contributed by atoms with Gasteiger partial charge in [-0.05, 0) is 0 Å². The van der Waals surface area contributed by atoms with E-state index < -0.39 is 25.2 Å². The van der Waals surface area contributed by atoms with Crippen LogP contribution in [0.15, 0.2) is 0 Å². The van der Waals surface area contributed by atoms with Gasteiger partial charge < -0.3 is 14.0 Å². The first-order chi connectivity index (χ1) is 7.33. The molecule has 0 unspecified atom stereocenters. The molecule has 0 atom stereocenters. The molecule has 0 aliphatic carbocycles. The Morgan fingerprint density at radius 3 is 1.18 bits per heavy atom. The largest absolute Gasteiger partial charge is 1.00 e.